The van der Waals surface area contributed by atoms with Gasteiger partial charge in [0.05, 0.1) is 12.7 Å². The van der Waals surface area contributed by atoms with Crippen LogP contribution in [0, 0.1) is 0 Å². The quantitative estimate of drug-likeness (QED) is 0.574. The third-order valence-corrected chi connectivity index (χ3v) is 3.19. The van der Waals surface area contributed by atoms with Crippen molar-refractivity contribution in [3.05, 3.63) is 0 Å². The minimum Gasteiger partial charge on any atom is -0.464 e. The molecular weight excluding hydrogens is 220 g/mol. The Morgan fingerprint density at radius 3 is 2.88 bits per heavy atom. The van der Waals surface area contributed by atoms with Crippen LogP contribution in [-0.4, -0.2) is 36.0 Å². The average Bonchev–Trinajstić information content (AvgIpc) is 2.30. The van der Waals surface area contributed by atoms with E-state index in [2.05, 4.69) is 6.92 Å². The molecular formula is C13H24O4. The summed E-state index contributed by atoms with van der Waals surface area (Å²) >= 11 is 0. The first-order valence-electron chi connectivity index (χ1n) is 6.63. The van der Waals surface area contributed by atoms with Gasteiger partial charge in [-0.25, -0.2) is 4.79 Å². The fourth-order valence-corrected chi connectivity index (χ4v) is 2.19. The number of unbranched alkanes of at least 4 members (excludes halogenated alkanes) is 1. The maximum Gasteiger partial charge on any atom is 0.338 e. The molecule has 17 heavy (non-hydrogen) atoms. The molecule has 0 aliphatic heterocycles. The van der Waals surface area contributed by atoms with Crippen LogP contribution in [-0.2, 0) is 14.3 Å². The van der Waals surface area contributed by atoms with Crippen LogP contribution in [0.15, 0.2) is 0 Å². The van der Waals surface area contributed by atoms with Gasteiger partial charge >= 0.3 is 5.97 Å². The van der Waals surface area contributed by atoms with E-state index in [-0.39, 0.29) is 6.10 Å². The Kier molecular flexibility index (Phi) is 5.92. The first-order chi connectivity index (χ1) is 8.12. The number of esters is 1. The molecule has 2 unspecified atom stereocenters. The van der Waals surface area contributed by atoms with E-state index in [1.165, 1.54) is 0 Å². The Morgan fingerprint density at radius 2 is 2.24 bits per heavy atom. The normalized spacial score (nSPS) is 29.0. The van der Waals surface area contributed by atoms with E-state index >= 15 is 0 Å². The molecule has 100 valence electrons. The summed E-state index contributed by atoms with van der Waals surface area (Å²) in [7, 11) is 0. The van der Waals surface area contributed by atoms with Crippen LogP contribution in [0.3, 0.4) is 0 Å². The molecule has 0 radical (unpaired) electrons. The Balaban J connectivity index is 2.44. The van der Waals surface area contributed by atoms with Crippen LogP contribution in [0.4, 0.5) is 0 Å². The molecule has 1 saturated carbocycles. The van der Waals surface area contributed by atoms with Crippen LogP contribution in [0.25, 0.3) is 0 Å². The SMILES string of the molecule is CCCCOC1CCCC(O)(C(=O)OCC)C1. The highest BCUT2D eigenvalue weighted by molar-refractivity contribution is 5.79. The van der Waals surface area contributed by atoms with Gasteiger partial charge in [0.1, 0.15) is 0 Å². The summed E-state index contributed by atoms with van der Waals surface area (Å²) in [4.78, 5) is 11.7. The second-order valence-corrected chi connectivity index (χ2v) is 4.69. The standard InChI is InChI=1S/C13H24O4/c1-3-5-9-17-11-7-6-8-13(15,10-11)12(14)16-4-2/h11,15H,3-10H2,1-2H3. The van der Waals surface area contributed by atoms with Gasteiger partial charge in [0.15, 0.2) is 5.60 Å². The van der Waals surface area contributed by atoms with E-state index in [1.54, 1.807) is 6.92 Å². The van der Waals surface area contributed by atoms with Crippen LogP contribution >= 0.6 is 0 Å². The van der Waals surface area contributed by atoms with Crippen molar-refractivity contribution in [2.24, 2.45) is 0 Å². The minimum atomic E-state index is -1.33. The van der Waals surface area contributed by atoms with Crippen LogP contribution in [0.2, 0.25) is 0 Å². The van der Waals surface area contributed by atoms with Crippen LogP contribution in [0.1, 0.15) is 52.4 Å². The van der Waals surface area contributed by atoms with Gasteiger partial charge in [-0.2, -0.15) is 0 Å². The van der Waals surface area contributed by atoms with Gasteiger partial charge in [-0.05, 0) is 32.6 Å². The lowest BCUT2D eigenvalue weighted by molar-refractivity contribution is -0.174. The topological polar surface area (TPSA) is 55.8 Å². The van der Waals surface area contributed by atoms with Gasteiger partial charge in [0.25, 0.3) is 0 Å². The number of ether oxygens (including phenoxy) is 2. The van der Waals surface area contributed by atoms with Crippen molar-refractivity contribution in [1.29, 1.82) is 0 Å². The summed E-state index contributed by atoms with van der Waals surface area (Å²) in [6, 6.07) is 0. The van der Waals surface area contributed by atoms with Crippen LogP contribution < -0.4 is 0 Å². The predicted molar refractivity (Wildman–Crippen MR) is 64.7 cm³/mol. The molecule has 0 aromatic carbocycles. The lowest BCUT2D eigenvalue weighted by Gasteiger charge is -2.34. The van der Waals surface area contributed by atoms with Crippen molar-refractivity contribution < 1.29 is 19.4 Å². The third-order valence-electron chi connectivity index (χ3n) is 3.19. The van der Waals surface area contributed by atoms with Crippen LogP contribution in [0.5, 0.6) is 0 Å². The van der Waals surface area contributed by atoms with Crippen molar-refractivity contribution in [2.45, 2.75) is 64.1 Å². The highest BCUT2D eigenvalue weighted by atomic mass is 16.5. The predicted octanol–water partition coefficient (Wildman–Crippen LogP) is 2.04. The van der Waals surface area contributed by atoms with Crippen molar-refractivity contribution in [3.63, 3.8) is 0 Å². The Morgan fingerprint density at radius 1 is 1.47 bits per heavy atom. The van der Waals surface area contributed by atoms with E-state index in [4.69, 9.17) is 9.47 Å². The molecule has 0 bridgehead atoms. The molecule has 1 rings (SSSR count). The smallest absolute Gasteiger partial charge is 0.338 e. The van der Waals surface area contributed by atoms with E-state index in [0.717, 1.165) is 25.7 Å². The first-order valence-corrected chi connectivity index (χ1v) is 6.63. The van der Waals surface area contributed by atoms with E-state index in [1.807, 2.05) is 0 Å². The van der Waals surface area contributed by atoms with Gasteiger partial charge in [-0.15, -0.1) is 0 Å². The fraction of sp³-hybridized carbons (Fsp3) is 0.923. The van der Waals surface area contributed by atoms with Gasteiger partial charge in [0.2, 0.25) is 0 Å². The van der Waals surface area contributed by atoms with E-state index < -0.39 is 11.6 Å². The Bertz CT molecular complexity index is 242. The summed E-state index contributed by atoms with van der Waals surface area (Å²) in [5.74, 6) is -0.496. The number of rotatable bonds is 6. The summed E-state index contributed by atoms with van der Waals surface area (Å²) in [6.07, 6.45) is 4.69. The van der Waals surface area contributed by atoms with Gasteiger partial charge in [-0.3, -0.25) is 0 Å². The minimum absolute atomic E-state index is 0.00953. The summed E-state index contributed by atoms with van der Waals surface area (Å²) in [5, 5.41) is 10.2. The fourth-order valence-electron chi connectivity index (χ4n) is 2.19. The number of aliphatic hydroxyl groups is 1. The van der Waals surface area contributed by atoms with Crippen molar-refractivity contribution in [2.75, 3.05) is 13.2 Å². The molecule has 0 amide bonds. The zero-order chi connectivity index (χ0) is 12.7. The third kappa shape index (κ3) is 4.28. The van der Waals surface area contributed by atoms with Crippen molar-refractivity contribution in [1.82, 2.24) is 0 Å². The zero-order valence-corrected chi connectivity index (χ0v) is 10.9. The second-order valence-electron chi connectivity index (χ2n) is 4.69. The Hall–Kier alpha value is -0.610. The zero-order valence-electron chi connectivity index (χ0n) is 10.9. The molecule has 1 fully saturated rings. The van der Waals surface area contributed by atoms with Gasteiger partial charge in [0, 0.05) is 13.0 Å². The molecule has 4 heteroatoms. The molecule has 0 saturated heterocycles. The largest absolute Gasteiger partial charge is 0.464 e. The second kappa shape index (κ2) is 6.97. The summed E-state index contributed by atoms with van der Waals surface area (Å²) in [6.45, 7) is 4.88. The molecule has 1 aliphatic rings. The number of carbonyl (C=O) groups is 1. The molecule has 0 aromatic heterocycles. The molecule has 0 heterocycles. The molecule has 4 nitrogen and oxygen atoms in total. The lowest BCUT2D eigenvalue weighted by atomic mass is 9.83. The van der Waals surface area contributed by atoms with E-state index in [0.29, 0.717) is 26.1 Å². The monoisotopic (exact) mass is 244 g/mol. The average molecular weight is 244 g/mol. The first kappa shape index (κ1) is 14.5. The number of hydrogen-bond donors (Lipinski definition) is 1. The maximum atomic E-state index is 11.7. The lowest BCUT2D eigenvalue weighted by Crippen LogP contribution is -2.46. The highest BCUT2D eigenvalue weighted by Crippen LogP contribution is 2.31. The highest BCUT2D eigenvalue weighted by Gasteiger charge is 2.42. The maximum absolute atomic E-state index is 11.7. The van der Waals surface area contributed by atoms with Gasteiger partial charge < -0.3 is 14.6 Å². The number of carbonyl (C=O) groups excluding carboxylic acids is 1. The molecule has 2 atom stereocenters. The molecule has 1 aliphatic carbocycles. The molecule has 1 N–H and O–H groups in total. The molecule has 0 aromatic rings. The number of hydrogen-bond acceptors (Lipinski definition) is 4. The molecule has 0 spiro atoms. The summed E-state index contributed by atoms with van der Waals surface area (Å²) in [5.41, 5.74) is -1.33. The van der Waals surface area contributed by atoms with Gasteiger partial charge in [-0.1, -0.05) is 13.3 Å². The summed E-state index contributed by atoms with van der Waals surface area (Å²) < 4.78 is 10.6. The van der Waals surface area contributed by atoms with E-state index in [9.17, 15) is 9.90 Å². The van der Waals surface area contributed by atoms with Crippen molar-refractivity contribution >= 4 is 5.97 Å². The Labute approximate surface area is 103 Å². The van der Waals surface area contributed by atoms with Crippen molar-refractivity contribution in [3.8, 4) is 0 Å².